The average Bonchev–Trinajstić information content (AvgIpc) is 3.54. The van der Waals surface area contributed by atoms with E-state index in [9.17, 15) is 4.79 Å². The maximum Gasteiger partial charge on any atom is 0.258 e. The van der Waals surface area contributed by atoms with E-state index in [2.05, 4.69) is 10.3 Å². The summed E-state index contributed by atoms with van der Waals surface area (Å²) in [4.78, 5) is 19.7. The highest BCUT2D eigenvalue weighted by Gasteiger charge is 2.19. The van der Waals surface area contributed by atoms with E-state index in [1.807, 2.05) is 49.4 Å². The second-order valence-corrected chi connectivity index (χ2v) is 9.93. The van der Waals surface area contributed by atoms with Gasteiger partial charge in [0, 0.05) is 28.6 Å². The predicted molar refractivity (Wildman–Crippen MR) is 126 cm³/mol. The van der Waals surface area contributed by atoms with Gasteiger partial charge in [-0.15, -0.1) is 23.1 Å². The first kappa shape index (κ1) is 21.3. The summed E-state index contributed by atoms with van der Waals surface area (Å²) < 4.78 is 16.6. The Kier molecular flexibility index (Phi) is 6.34. The van der Waals surface area contributed by atoms with Crippen LogP contribution in [0.25, 0.3) is 0 Å². The van der Waals surface area contributed by atoms with Gasteiger partial charge in [-0.25, -0.2) is 4.98 Å². The topological polar surface area (TPSA) is 69.7 Å². The molecule has 0 radical (unpaired) electrons. The van der Waals surface area contributed by atoms with Gasteiger partial charge in [0.15, 0.2) is 16.6 Å². The van der Waals surface area contributed by atoms with Crippen LogP contribution in [-0.2, 0) is 11.2 Å². The molecule has 166 valence electrons. The minimum Gasteiger partial charge on any atom is -0.454 e. The number of aromatic nitrogens is 1. The molecule has 0 aliphatic carbocycles. The fourth-order valence-electron chi connectivity index (χ4n) is 3.78. The molecule has 1 aromatic heterocycles. The van der Waals surface area contributed by atoms with E-state index < -0.39 is 0 Å². The van der Waals surface area contributed by atoms with Gasteiger partial charge in [-0.2, -0.15) is 0 Å². The Morgan fingerprint density at radius 1 is 1.22 bits per heavy atom. The van der Waals surface area contributed by atoms with Crippen molar-refractivity contribution in [1.29, 1.82) is 0 Å². The highest BCUT2D eigenvalue weighted by molar-refractivity contribution is 7.99. The van der Waals surface area contributed by atoms with Crippen molar-refractivity contribution >= 4 is 34.1 Å². The molecule has 1 amide bonds. The number of carbonyl (C=O) groups excluding carboxylic acids is 1. The molecule has 1 fully saturated rings. The third-order valence-corrected chi connectivity index (χ3v) is 7.77. The zero-order chi connectivity index (χ0) is 21.9. The van der Waals surface area contributed by atoms with Crippen LogP contribution in [0.1, 0.15) is 39.3 Å². The van der Waals surface area contributed by atoms with Crippen molar-refractivity contribution in [1.82, 2.24) is 4.98 Å². The summed E-state index contributed by atoms with van der Waals surface area (Å²) in [5, 5.41) is 3.61. The third-order valence-electron chi connectivity index (χ3n) is 5.50. The van der Waals surface area contributed by atoms with E-state index in [0.717, 1.165) is 64.2 Å². The smallest absolute Gasteiger partial charge is 0.258 e. The van der Waals surface area contributed by atoms with Crippen molar-refractivity contribution < 1.29 is 19.0 Å². The SMILES string of the molecule is Cc1nc(NC(=O)c2ccccc2SCC2CCCO2)sc1Cc1ccc2c(c1)OCO2. The van der Waals surface area contributed by atoms with Crippen LogP contribution < -0.4 is 14.8 Å². The van der Waals surface area contributed by atoms with Gasteiger partial charge in [0.1, 0.15) is 0 Å². The Bertz CT molecular complexity index is 1120. The molecule has 0 spiro atoms. The van der Waals surface area contributed by atoms with Crippen molar-refractivity contribution in [3.05, 3.63) is 64.2 Å². The summed E-state index contributed by atoms with van der Waals surface area (Å²) in [7, 11) is 0. The largest absolute Gasteiger partial charge is 0.454 e. The van der Waals surface area contributed by atoms with Gasteiger partial charge in [-0.05, 0) is 49.6 Å². The van der Waals surface area contributed by atoms with Gasteiger partial charge in [0.25, 0.3) is 5.91 Å². The minimum atomic E-state index is -0.135. The lowest BCUT2D eigenvalue weighted by Crippen LogP contribution is -2.14. The van der Waals surface area contributed by atoms with Crippen LogP contribution in [0.3, 0.4) is 0 Å². The van der Waals surface area contributed by atoms with E-state index in [4.69, 9.17) is 14.2 Å². The first-order valence-corrected chi connectivity index (χ1v) is 12.5. The first-order valence-electron chi connectivity index (χ1n) is 10.7. The molecule has 5 rings (SSSR count). The quantitative estimate of drug-likeness (QED) is 0.475. The number of hydrogen-bond donors (Lipinski definition) is 1. The van der Waals surface area contributed by atoms with Gasteiger partial charge in [0.05, 0.1) is 17.4 Å². The Balaban J connectivity index is 1.26. The summed E-state index contributed by atoms with van der Waals surface area (Å²) in [6.07, 6.45) is 3.21. The summed E-state index contributed by atoms with van der Waals surface area (Å²) in [6, 6.07) is 13.7. The van der Waals surface area contributed by atoms with Crippen LogP contribution in [0.2, 0.25) is 0 Å². The summed E-state index contributed by atoms with van der Waals surface area (Å²) in [5.41, 5.74) is 2.71. The fourth-order valence-corrected chi connectivity index (χ4v) is 5.90. The number of fused-ring (bicyclic) bond motifs is 1. The zero-order valence-electron chi connectivity index (χ0n) is 17.8. The van der Waals surface area contributed by atoms with Crippen LogP contribution in [-0.4, -0.2) is 36.1 Å². The molecule has 0 bridgehead atoms. The van der Waals surface area contributed by atoms with Gasteiger partial charge >= 0.3 is 0 Å². The van der Waals surface area contributed by atoms with Crippen molar-refractivity contribution in [2.24, 2.45) is 0 Å². The van der Waals surface area contributed by atoms with Crippen molar-refractivity contribution in [2.45, 2.75) is 37.2 Å². The lowest BCUT2D eigenvalue weighted by atomic mass is 10.1. The van der Waals surface area contributed by atoms with Gasteiger partial charge < -0.3 is 14.2 Å². The molecular formula is C24H24N2O4S2. The average molecular weight is 469 g/mol. The molecule has 1 saturated heterocycles. The number of anilines is 1. The van der Waals surface area contributed by atoms with E-state index >= 15 is 0 Å². The number of hydrogen-bond acceptors (Lipinski definition) is 7. The standard InChI is InChI=1S/C24H24N2O4S2/c1-15-22(12-16-8-9-19-20(11-16)30-14-29-19)32-24(25-15)26-23(27)18-6-2-3-7-21(18)31-13-17-5-4-10-28-17/h2-3,6-9,11,17H,4-5,10,12-14H2,1H3,(H,25,26,27). The van der Waals surface area contributed by atoms with Crippen LogP contribution in [0.4, 0.5) is 5.13 Å². The number of aryl methyl sites for hydroxylation is 1. The molecule has 0 saturated carbocycles. The summed E-state index contributed by atoms with van der Waals surface area (Å²) in [5.74, 6) is 2.28. The molecule has 1 atom stereocenters. The number of rotatable bonds is 7. The molecule has 3 heterocycles. The summed E-state index contributed by atoms with van der Waals surface area (Å²) >= 11 is 3.19. The second-order valence-electron chi connectivity index (χ2n) is 7.79. The lowest BCUT2D eigenvalue weighted by molar-refractivity contribution is 0.102. The highest BCUT2D eigenvalue weighted by Crippen LogP contribution is 2.34. The number of carbonyl (C=O) groups is 1. The van der Waals surface area contributed by atoms with E-state index in [0.29, 0.717) is 10.7 Å². The molecule has 2 aromatic carbocycles. The van der Waals surface area contributed by atoms with Crippen LogP contribution in [0, 0.1) is 6.92 Å². The van der Waals surface area contributed by atoms with Crippen LogP contribution >= 0.6 is 23.1 Å². The van der Waals surface area contributed by atoms with Gasteiger partial charge in [-0.3, -0.25) is 10.1 Å². The number of amides is 1. The van der Waals surface area contributed by atoms with Gasteiger partial charge in [0.2, 0.25) is 6.79 Å². The Labute approximate surface area is 195 Å². The van der Waals surface area contributed by atoms with E-state index in [1.54, 1.807) is 11.8 Å². The molecule has 1 N–H and O–H groups in total. The number of benzene rings is 2. The van der Waals surface area contributed by atoms with Crippen molar-refractivity contribution in [3.63, 3.8) is 0 Å². The maximum atomic E-state index is 13.0. The first-order chi connectivity index (χ1) is 15.7. The summed E-state index contributed by atoms with van der Waals surface area (Å²) in [6.45, 7) is 3.08. The number of ether oxygens (including phenoxy) is 3. The minimum absolute atomic E-state index is 0.135. The number of thiazole rings is 1. The van der Waals surface area contributed by atoms with Crippen molar-refractivity contribution in [3.8, 4) is 11.5 Å². The zero-order valence-corrected chi connectivity index (χ0v) is 19.4. The van der Waals surface area contributed by atoms with Crippen LogP contribution in [0.5, 0.6) is 11.5 Å². The molecular weight excluding hydrogens is 444 g/mol. The molecule has 2 aliphatic rings. The molecule has 8 heteroatoms. The molecule has 6 nitrogen and oxygen atoms in total. The molecule has 32 heavy (non-hydrogen) atoms. The Hall–Kier alpha value is -2.55. The Morgan fingerprint density at radius 3 is 2.97 bits per heavy atom. The maximum absolute atomic E-state index is 13.0. The highest BCUT2D eigenvalue weighted by atomic mass is 32.2. The Morgan fingerprint density at radius 2 is 2.09 bits per heavy atom. The molecule has 3 aromatic rings. The van der Waals surface area contributed by atoms with Gasteiger partial charge in [-0.1, -0.05) is 18.2 Å². The number of thioether (sulfide) groups is 1. The monoisotopic (exact) mass is 468 g/mol. The van der Waals surface area contributed by atoms with Crippen molar-refractivity contribution in [2.75, 3.05) is 24.5 Å². The number of nitrogens with zero attached hydrogens (tertiary/aromatic N) is 1. The third kappa shape index (κ3) is 4.77. The van der Waals surface area contributed by atoms with E-state index in [-0.39, 0.29) is 18.8 Å². The number of nitrogens with one attached hydrogen (secondary N) is 1. The molecule has 1 unspecified atom stereocenters. The lowest BCUT2D eigenvalue weighted by Gasteiger charge is -2.11. The van der Waals surface area contributed by atoms with E-state index in [1.165, 1.54) is 11.3 Å². The normalized spacial score (nSPS) is 17.0. The van der Waals surface area contributed by atoms with Crippen LogP contribution in [0.15, 0.2) is 47.4 Å². The molecule has 2 aliphatic heterocycles. The fraction of sp³-hybridized carbons (Fsp3) is 0.333. The predicted octanol–water partition coefficient (Wildman–Crippen LogP) is 5.29. The second kappa shape index (κ2) is 9.52.